The molecule has 1 heterocycles. The number of carbonyl (C=O) groups is 2. The summed E-state index contributed by atoms with van der Waals surface area (Å²) >= 11 is 6.09. The highest BCUT2D eigenvalue weighted by atomic mass is 35.5. The van der Waals surface area contributed by atoms with Crippen LogP contribution >= 0.6 is 11.6 Å². The number of anilines is 1. The number of Topliss-reactive ketones (excluding diaryl/α,β-unsaturated/α-hetero) is 1. The molecule has 4 rings (SSSR count). The summed E-state index contributed by atoms with van der Waals surface area (Å²) in [7, 11) is 0. The normalized spacial score (nSPS) is 18.2. The minimum atomic E-state index is -0.754. The maximum atomic E-state index is 13.2. The zero-order valence-corrected chi connectivity index (χ0v) is 18.9. The molecular weight excluding hydrogens is 422 g/mol. The number of benzene rings is 3. The van der Waals surface area contributed by atoms with Crippen molar-refractivity contribution in [2.75, 3.05) is 4.90 Å². The number of halogens is 1. The van der Waals surface area contributed by atoms with Gasteiger partial charge in [0.15, 0.2) is 0 Å². The maximum Gasteiger partial charge on any atom is 0.300 e. The summed E-state index contributed by atoms with van der Waals surface area (Å²) in [6, 6.07) is 22.7. The molecule has 0 radical (unpaired) electrons. The number of amides is 1. The van der Waals surface area contributed by atoms with E-state index in [0.29, 0.717) is 16.3 Å². The Morgan fingerprint density at radius 1 is 0.906 bits per heavy atom. The van der Waals surface area contributed by atoms with Crippen LogP contribution in [-0.4, -0.2) is 16.8 Å². The molecule has 0 saturated carbocycles. The first kappa shape index (κ1) is 21.8. The zero-order valence-electron chi connectivity index (χ0n) is 18.2. The van der Waals surface area contributed by atoms with Gasteiger partial charge in [-0.05, 0) is 40.8 Å². The smallest absolute Gasteiger partial charge is 0.300 e. The van der Waals surface area contributed by atoms with E-state index >= 15 is 0 Å². The third kappa shape index (κ3) is 3.94. The number of aliphatic hydroxyl groups is 1. The standard InChI is InChI=1S/C27H24ClNO3/c1-27(2,3)19-12-14-21(15-13-19)29-23(17-8-5-4-6-9-17)22(25(31)26(29)32)24(30)18-10-7-11-20(28)16-18/h4-16,23,30H,1-3H3/b24-22+. The summed E-state index contributed by atoms with van der Waals surface area (Å²) in [5, 5.41) is 11.5. The monoisotopic (exact) mass is 445 g/mol. The fourth-order valence-electron chi connectivity index (χ4n) is 3.96. The van der Waals surface area contributed by atoms with E-state index in [1.807, 2.05) is 54.6 Å². The van der Waals surface area contributed by atoms with Gasteiger partial charge in [-0.25, -0.2) is 0 Å². The van der Waals surface area contributed by atoms with Crippen molar-refractivity contribution in [3.05, 3.63) is 106 Å². The number of hydrogen-bond acceptors (Lipinski definition) is 3. The van der Waals surface area contributed by atoms with E-state index in [1.165, 1.54) is 4.90 Å². The lowest BCUT2D eigenvalue weighted by atomic mass is 9.87. The fourth-order valence-corrected chi connectivity index (χ4v) is 4.15. The average molecular weight is 446 g/mol. The maximum absolute atomic E-state index is 13.2. The highest BCUT2D eigenvalue weighted by Crippen LogP contribution is 2.42. The Labute approximate surface area is 192 Å². The number of hydrogen-bond donors (Lipinski definition) is 1. The molecular formula is C27H24ClNO3. The lowest BCUT2D eigenvalue weighted by molar-refractivity contribution is -0.132. The zero-order chi connectivity index (χ0) is 23.0. The van der Waals surface area contributed by atoms with Crippen LogP contribution in [0, 0.1) is 0 Å². The van der Waals surface area contributed by atoms with Crippen LogP contribution in [0.2, 0.25) is 5.02 Å². The van der Waals surface area contributed by atoms with Crippen molar-refractivity contribution < 1.29 is 14.7 Å². The van der Waals surface area contributed by atoms with Gasteiger partial charge in [0.05, 0.1) is 11.6 Å². The second-order valence-corrected chi connectivity index (χ2v) is 9.32. The summed E-state index contributed by atoms with van der Waals surface area (Å²) in [6.07, 6.45) is 0. The summed E-state index contributed by atoms with van der Waals surface area (Å²) < 4.78 is 0. The molecule has 0 spiro atoms. The second-order valence-electron chi connectivity index (χ2n) is 8.89. The van der Waals surface area contributed by atoms with Gasteiger partial charge in [-0.15, -0.1) is 0 Å². The van der Waals surface area contributed by atoms with Gasteiger partial charge in [-0.1, -0.05) is 87.0 Å². The van der Waals surface area contributed by atoms with Crippen LogP contribution < -0.4 is 4.90 Å². The van der Waals surface area contributed by atoms with Gasteiger partial charge in [0.25, 0.3) is 11.7 Å². The predicted molar refractivity (Wildman–Crippen MR) is 128 cm³/mol. The molecule has 1 N–H and O–H groups in total. The van der Waals surface area contributed by atoms with Crippen LogP contribution in [0.3, 0.4) is 0 Å². The van der Waals surface area contributed by atoms with Crippen molar-refractivity contribution in [2.45, 2.75) is 32.2 Å². The van der Waals surface area contributed by atoms with E-state index in [1.54, 1.807) is 24.3 Å². The van der Waals surface area contributed by atoms with Gasteiger partial charge in [0, 0.05) is 16.3 Å². The Morgan fingerprint density at radius 2 is 1.56 bits per heavy atom. The third-order valence-corrected chi connectivity index (χ3v) is 5.90. The molecule has 1 amide bonds. The molecule has 1 atom stereocenters. The Bertz CT molecular complexity index is 1210. The molecule has 0 bridgehead atoms. The SMILES string of the molecule is CC(C)(C)c1ccc(N2C(=O)C(=O)/C(=C(/O)c3cccc(Cl)c3)C2c2ccccc2)cc1. The molecule has 1 aliphatic rings. The highest BCUT2D eigenvalue weighted by molar-refractivity contribution is 6.51. The molecule has 32 heavy (non-hydrogen) atoms. The van der Waals surface area contributed by atoms with Crippen LogP contribution in [0.15, 0.2) is 84.4 Å². The van der Waals surface area contributed by atoms with Gasteiger partial charge in [-0.2, -0.15) is 0 Å². The van der Waals surface area contributed by atoms with Crippen molar-refractivity contribution in [1.82, 2.24) is 0 Å². The summed E-state index contributed by atoms with van der Waals surface area (Å²) in [5.41, 5.74) is 2.84. The second kappa shape index (κ2) is 8.29. The van der Waals surface area contributed by atoms with E-state index in [9.17, 15) is 14.7 Å². The summed E-state index contributed by atoms with van der Waals surface area (Å²) in [4.78, 5) is 27.8. The minimum absolute atomic E-state index is 0.0435. The van der Waals surface area contributed by atoms with Crippen LogP contribution in [0.25, 0.3) is 5.76 Å². The molecule has 1 unspecified atom stereocenters. The molecule has 0 aliphatic carbocycles. The summed E-state index contributed by atoms with van der Waals surface area (Å²) in [5.74, 6) is -1.64. The predicted octanol–water partition coefficient (Wildman–Crippen LogP) is 6.26. The average Bonchev–Trinajstić information content (AvgIpc) is 3.04. The molecule has 3 aromatic carbocycles. The van der Waals surface area contributed by atoms with Gasteiger partial charge < -0.3 is 5.11 Å². The van der Waals surface area contributed by atoms with Crippen molar-refractivity contribution in [3.8, 4) is 0 Å². The molecule has 1 fully saturated rings. The lowest BCUT2D eigenvalue weighted by Gasteiger charge is -2.26. The Morgan fingerprint density at radius 3 is 2.16 bits per heavy atom. The van der Waals surface area contributed by atoms with Crippen LogP contribution in [0.4, 0.5) is 5.69 Å². The van der Waals surface area contributed by atoms with E-state index in [-0.39, 0.29) is 16.7 Å². The van der Waals surface area contributed by atoms with Gasteiger partial charge in [0.1, 0.15) is 5.76 Å². The molecule has 5 heteroatoms. The Kier molecular flexibility index (Phi) is 5.66. The van der Waals surface area contributed by atoms with Crippen molar-refractivity contribution in [3.63, 3.8) is 0 Å². The van der Waals surface area contributed by atoms with Crippen LogP contribution in [0.1, 0.15) is 43.5 Å². The fraction of sp³-hybridized carbons (Fsp3) is 0.185. The van der Waals surface area contributed by atoms with Crippen molar-refractivity contribution >= 4 is 34.7 Å². The summed E-state index contributed by atoms with van der Waals surface area (Å²) in [6.45, 7) is 6.34. The quantitative estimate of drug-likeness (QED) is 0.294. The van der Waals surface area contributed by atoms with Crippen LogP contribution in [0.5, 0.6) is 0 Å². The van der Waals surface area contributed by atoms with E-state index < -0.39 is 17.7 Å². The molecule has 0 aromatic heterocycles. The molecule has 162 valence electrons. The first-order valence-corrected chi connectivity index (χ1v) is 10.8. The van der Waals surface area contributed by atoms with E-state index in [2.05, 4.69) is 20.8 Å². The van der Waals surface area contributed by atoms with E-state index in [0.717, 1.165) is 11.1 Å². The molecule has 3 aromatic rings. The molecule has 1 aliphatic heterocycles. The van der Waals surface area contributed by atoms with E-state index in [4.69, 9.17) is 11.6 Å². The first-order chi connectivity index (χ1) is 15.2. The van der Waals surface area contributed by atoms with Crippen molar-refractivity contribution in [1.29, 1.82) is 0 Å². The third-order valence-electron chi connectivity index (χ3n) is 5.67. The topological polar surface area (TPSA) is 57.6 Å². The lowest BCUT2D eigenvalue weighted by Crippen LogP contribution is -2.29. The first-order valence-electron chi connectivity index (χ1n) is 10.4. The number of carbonyl (C=O) groups excluding carboxylic acids is 2. The Hall–Kier alpha value is -3.37. The highest BCUT2D eigenvalue weighted by Gasteiger charge is 2.46. The van der Waals surface area contributed by atoms with Crippen molar-refractivity contribution in [2.24, 2.45) is 0 Å². The molecule has 4 nitrogen and oxygen atoms in total. The van der Waals surface area contributed by atoms with Gasteiger partial charge in [0.2, 0.25) is 0 Å². The molecule has 1 saturated heterocycles. The Balaban J connectivity index is 1.90. The minimum Gasteiger partial charge on any atom is -0.507 e. The number of ketones is 1. The largest absolute Gasteiger partial charge is 0.507 e. The number of rotatable bonds is 3. The van der Waals surface area contributed by atoms with Crippen LogP contribution in [-0.2, 0) is 15.0 Å². The van der Waals surface area contributed by atoms with Gasteiger partial charge >= 0.3 is 0 Å². The number of aliphatic hydroxyl groups excluding tert-OH is 1. The van der Waals surface area contributed by atoms with Gasteiger partial charge in [-0.3, -0.25) is 14.5 Å². The number of nitrogens with zero attached hydrogens (tertiary/aromatic N) is 1.